The predicted molar refractivity (Wildman–Crippen MR) is 73.5 cm³/mol. The molecule has 2 rings (SSSR count). The molecule has 18 heavy (non-hydrogen) atoms. The van der Waals surface area contributed by atoms with Crippen LogP contribution in [0.15, 0.2) is 0 Å². The lowest BCUT2D eigenvalue weighted by Crippen LogP contribution is -2.59. The van der Waals surface area contributed by atoms with E-state index in [2.05, 4.69) is 42.9 Å². The molecule has 104 valence electrons. The molecule has 1 N–H and O–H groups in total. The highest BCUT2D eigenvalue weighted by Gasteiger charge is 2.43. The average Bonchev–Trinajstić information content (AvgIpc) is 2.84. The fraction of sp³-hybridized carbons (Fsp3) is 0.929. The van der Waals surface area contributed by atoms with Crippen LogP contribution in [0, 0.1) is 5.41 Å². The first-order valence-electron chi connectivity index (χ1n) is 7.22. The lowest BCUT2D eigenvalue weighted by Gasteiger charge is -2.45. The number of hydrogen-bond donors (Lipinski definition) is 1. The summed E-state index contributed by atoms with van der Waals surface area (Å²) in [5, 5.41) is 3.36. The Bertz CT molecular complexity index is 300. The Morgan fingerprint density at radius 2 is 1.94 bits per heavy atom. The van der Waals surface area contributed by atoms with Gasteiger partial charge >= 0.3 is 0 Å². The second-order valence-electron chi connectivity index (χ2n) is 6.13. The van der Waals surface area contributed by atoms with Crippen LogP contribution in [-0.4, -0.2) is 61.0 Å². The summed E-state index contributed by atoms with van der Waals surface area (Å²) in [4.78, 5) is 17.3. The SMILES string of the molecule is CCC1(C(=O)N2CC(C)N(C)C(C)C2)CCNC1. The number of carbonyl (C=O) groups is 1. The van der Waals surface area contributed by atoms with E-state index in [1.54, 1.807) is 0 Å². The quantitative estimate of drug-likeness (QED) is 0.795. The lowest BCUT2D eigenvalue weighted by atomic mass is 9.82. The van der Waals surface area contributed by atoms with Crippen molar-refractivity contribution in [2.24, 2.45) is 5.41 Å². The molecular formula is C14H27N3O. The van der Waals surface area contributed by atoms with Gasteiger partial charge in [0.15, 0.2) is 0 Å². The van der Waals surface area contributed by atoms with Gasteiger partial charge in [-0.1, -0.05) is 6.92 Å². The molecule has 3 unspecified atom stereocenters. The van der Waals surface area contributed by atoms with Crippen LogP contribution in [0.5, 0.6) is 0 Å². The van der Waals surface area contributed by atoms with E-state index in [4.69, 9.17) is 0 Å². The molecule has 0 spiro atoms. The largest absolute Gasteiger partial charge is 0.339 e. The van der Waals surface area contributed by atoms with Crippen molar-refractivity contribution < 1.29 is 4.79 Å². The van der Waals surface area contributed by atoms with Crippen LogP contribution < -0.4 is 5.32 Å². The Hall–Kier alpha value is -0.610. The molecule has 2 saturated heterocycles. The molecule has 2 aliphatic rings. The second-order valence-corrected chi connectivity index (χ2v) is 6.13. The molecule has 4 nitrogen and oxygen atoms in total. The molecule has 0 aromatic carbocycles. The third-order valence-electron chi connectivity index (χ3n) is 5.02. The zero-order chi connectivity index (χ0) is 13.3. The number of rotatable bonds is 2. The Labute approximate surface area is 111 Å². The topological polar surface area (TPSA) is 35.6 Å². The van der Waals surface area contributed by atoms with E-state index in [0.717, 1.165) is 39.0 Å². The van der Waals surface area contributed by atoms with Crippen molar-refractivity contribution in [2.45, 2.75) is 45.7 Å². The molecule has 0 aliphatic carbocycles. The van der Waals surface area contributed by atoms with Crippen LogP contribution in [0.3, 0.4) is 0 Å². The predicted octanol–water partition coefficient (Wildman–Crippen LogP) is 0.927. The second kappa shape index (κ2) is 5.17. The van der Waals surface area contributed by atoms with Gasteiger partial charge in [0, 0.05) is 31.7 Å². The monoisotopic (exact) mass is 253 g/mol. The fourth-order valence-corrected chi connectivity index (χ4v) is 3.28. The Kier molecular flexibility index (Phi) is 3.97. The first kappa shape index (κ1) is 13.8. The molecule has 2 fully saturated rings. The van der Waals surface area contributed by atoms with Crippen LogP contribution in [0.25, 0.3) is 0 Å². The van der Waals surface area contributed by atoms with Gasteiger partial charge in [-0.15, -0.1) is 0 Å². The maximum absolute atomic E-state index is 12.8. The summed E-state index contributed by atoms with van der Waals surface area (Å²) in [6, 6.07) is 0.918. The van der Waals surface area contributed by atoms with Gasteiger partial charge < -0.3 is 10.2 Å². The van der Waals surface area contributed by atoms with Gasteiger partial charge in [-0.3, -0.25) is 9.69 Å². The third-order valence-corrected chi connectivity index (χ3v) is 5.02. The summed E-state index contributed by atoms with van der Waals surface area (Å²) in [5.41, 5.74) is -0.130. The van der Waals surface area contributed by atoms with Crippen molar-refractivity contribution in [3.63, 3.8) is 0 Å². The minimum absolute atomic E-state index is 0.130. The van der Waals surface area contributed by atoms with E-state index >= 15 is 0 Å². The number of nitrogens with zero attached hydrogens (tertiary/aromatic N) is 2. The van der Waals surface area contributed by atoms with E-state index in [0.29, 0.717) is 18.0 Å². The van der Waals surface area contributed by atoms with Crippen LogP contribution >= 0.6 is 0 Å². The first-order chi connectivity index (χ1) is 8.50. The third kappa shape index (κ3) is 2.28. The smallest absolute Gasteiger partial charge is 0.230 e. The van der Waals surface area contributed by atoms with E-state index in [9.17, 15) is 4.79 Å². The normalized spacial score (nSPS) is 38.1. The molecule has 0 radical (unpaired) electrons. The summed E-state index contributed by atoms with van der Waals surface area (Å²) in [6.45, 7) is 10.2. The highest BCUT2D eigenvalue weighted by atomic mass is 16.2. The van der Waals surface area contributed by atoms with Crippen molar-refractivity contribution in [2.75, 3.05) is 33.2 Å². The number of nitrogens with one attached hydrogen (secondary N) is 1. The zero-order valence-corrected chi connectivity index (χ0v) is 12.2. The van der Waals surface area contributed by atoms with Crippen molar-refractivity contribution >= 4 is 5.91 Å². The zero-order valence-electron chi connectivity index (χ0n) is 12.2. The molecule has 1 amide bonds. The number of hydrogen-bond acceptors (Lipinski definition) is 3. The molecule has 2 heterocycles. The molecule has 0 saturated carbocycles. The fourth-order valence-electron chi connectivity index (χ4n) is 3.28. The number of piperazine rings is 1. The standard InChI is InChI=1S/C14H27N3O/c1-5-14(6-7-15-10-14)13(18)17-8-11(2)16(4)12(3)9-17/h11-12,15H,5-10H2,1-4H3. The lowest BCUT2D eigenvalue weighted by molar-refractivity contribution is -0.145. The van der Waals surface area contributed by atoms with Gasteiger partial charge in [0.2, 0.25) is 5.91 Å². The van der Waals surface area contributed by atoms with Crippen LogP contribution in [0.2, 0.25) is 0 Å². The Morgan fingerprint density at radius 1 is 1.33 bits per heavy atom. The van der Waals surface area contributed by atoms with Crippen LogP contribution in [0.1, 0.15) is 33.6 Å². The van der Waals surface area contributed by atoms with Crippen molar-refractivity contribution in [3.05, 3.63) is 0 Å². The van der Waals surface area contributed by atoms with Crippen LogP contribution in [0.4, 0.5) is 0 Å². The highest BCUT2D eigenvalue weighted by Crippen LogP contribution is 2.32. The Balaban J connectivity index is 2.09. The molecule has 3 atom stereocenters. The summed E-state index contributed by atoms with van der Waals surface area (Å²) in [5.74, 6) is 0.377. The number of likely N-dealkylation sites (N-methyl/N-ethyl adjacent to an activating group) is 1. The molecule has 2 aliphatic heterocycles. The number of carbonyl (C=O) groups excluding carboxylic acids is 1. The number of amides is 1. The molecule has 0 aromatic rings. The van der Waals surface area contributed by atoms with Gasteiger partial charge in [-0.2, -0.15) is 0 Å². The van der Waals surface area contributed by atoms with Gasteiger partial charge in [0.25, 0.3) is 0 Å². The van der Waals surface area contributed by atoms with Gasteiger partial charge in [-0.25, -0.2) is 0 Å². The van der Waals surface area contributed by atoms with E-state index in [1.807, 2.05) is 0 Å². The minimum atomic E-state index is -0.130. The van der Waals surface area contributed by atoms with Gasteiger partial charge in [-0.05, 0) is 40.3 Å². The summed E-state index contributed by atoms with van der Waals surface area (Å²) in [7, 11) is 2.16. The maximum Gasteiger partial charge on any atom is 0.230 e. The first-order valence-corrected chi connectivity index (χ1v) is 7.22. The minimum Gasteiger partial charge on any atom is -0.339 e. The van der Waals surface area contributed by atoms with Crippen LogP contribution in [-0.2, 0) is 4.79 Å². The van der Waals surface area contributed by atoms with E-state index < -0.39 is 0 Å². The molecule has 0 bridgehead atoms. The summed E-state index contributed by atoms with van der Waals surface area (Å²) >= 11 is 0. The summed E-state index contributed by atoms with van der Waals surface area (Å²) in [6.07, 6.45) is 1.95. The van der Waals surface area contributed by atoms with Crippen molar-refractivity contribution in [3.8, 4) is 0 Å². The molecule has 0 aromatic heterocycles. The molecule has 4 heteroatoms. The van der Waals surface area contributed by atoms with Gasteiger partial charge in [0.1, 0.15) is 0 Å². The van der Waals surface area contributed by atoms with Crippen molar-refractivity contribution in [1.82, 2.24) is 15.1 Å². The van der Waals surface area contributed by atoms with E-state index in [1.165, 1.54) is 0 Å². The van der Waals surface area contributed by atoms with Crippen molar-refractivity contribution in [1.29, 1.82) is 0 Å². The Morgan fingerprint density at radius 3 is 2.39 bits per heavy atom. The highest BCUT2D eigenvalue weighted by molar-refractivity contribution is 5.83. The van der Waals surface area contributed by atoms with E-state index in [-0.39, 0.29) is 5.41 Å². The van der Waals surface area contributed by atoms with Gasteiger partial charge in [0.05, 0.1) is 5.41 Å². The maximum atomic E-state index is 12.8. The molecular weight excluding hydrogens is 226 g/mol. The summed E-state index contributed by atoms with van der Waals surface area (Å²) < 4.78 is 0. The average molecular weight is 253 g/mol.